The number of thioether (sulfide) groups is 1. The molecule has 0 aliphatic carbocycles. The van der Waals surface area contributed by atoms with Gasteiger partial charge in [0.15, 0.2) is 0 Å². The Morgan fingerprint density at radius 1 is 1.12 bits per heavy atom. The Balaban J connectivity index is 1.38. The van der Waals surface area contributed by atoms with E-state index < -0.39 is 0 Å². The monoisotopic (exact) mass is 446 g/mol. The summed E-state index contributed by atoms with van der Waals surface area (Å²) in [6.45, 7) is 0.410. The van der Waals surface area contributed by atoms with Gasteiger partial charge in [-0.3, -0.25) is 14.6 Å². The number of amides is 2. The largest absolute Gasteiger partial charge is 0.343 e. The lowest BCUT2D eigenvalue weighted by atomic mass is 9.94. The zero-order valence-electron chi connectivity index (χ0n) is 17.9. The quantitative estimate of drug-likeness (QED) is 0.596. The van der Waals surface area contributed by atoms with Gasteiger partial charge in [-0.05, 0) is 53.6 Å². The minimum Gasteiger partial charge on any atom is -0.343 e. The molecule has 2 atom stereocenters. The van der Waals surface area contributed by atoms with Crippen molar-refractivity contribution in [1.29, 1.82) is 0 Å². The molecule has 2 aromatic carbocycles. The summed E-state index contributed by atoms with van der Waals surface area (Å²) in [5, 5.41) is 2.83. The summed E-state index contributed by atoms with van der Waals surface area (Å²) in [6, 6.07) is 18.5. The molecule has 32 heavy (non-hydrogen) atoms. The number of nitrogens with one attached hydrogen (secondary N) is 1. The first-order chi connectivity index (χ1) is 15.5. The van der Waals surface area contributed by atoms with Gasteiger partial charge in [-0.1, -0.05) is 30.3 Å². The molecule has 1 aromatic heterocycles. The third-order valence-electron chi connectivity index (χ3n) is 5.64. The second kappa shape index (κ2) is 9.97. The fourth-order valence-corrected chi connectivity index (χ4v) is 5.00. The molecule has 3 N–H and O–H groups in total. The Labute approximate surface area is 192 Å². The number of carbonyl (C=O) groups excluding carboxylic acids is 2. The molecule has 3 aromatic rings. The summed E-state index contributed by atoms with van der Waals surface area (Å²) in [5.41, 5.74) is 9.62. The van der Waals surface area contributed by atoms with Gasteiger partial charge in [0.2, 0.25) is 5.91 Å². The van der Waals surface area contributed by atoms with Crippen LogP contribution in [-0.2, 0) is 4.79 Å². The van der Waals surface area contributed by atoms with E-state index in [4.69, 9.17) is 5.73 Å². The highest BCUT2D eigenvalue weighted by Crippen LogP contribution is 2.38. The number of rotatable bonds is 6. The van der Waals surface area contributed by atoms with Crippen molar-refractivity contribution in [3.8, 4) is 0 Å². The maximum absolute atomic E-state index is 13.1. The van der Waals surface area contributed by atoms with Crippen LogP contribution in [0.15, 0.2) is 78.0 Å². The standard InChI is InChI=1S/C25H26N4O2S/c1-29(25(31)21-12-15-32-23-5-3-2-4-20(21)23)16-22(26)17-6-8-18(9-7-17)24(30)28-19-10-13-27-14-11-19/h2-11,13-14,21-22H,12,15-16,26H2,1H3,(H,27,28,30). The summed E-state index contributed by atoms with van der Waals surface area (Å²) < 4.78 is 0. The maximum atomic E-state index is 13.1. The maximum Gasteiger partial charge on any atom is 0.255 e. The smallest absolute Gasteiger partial charge is 0.255 e. The number of benzene rings is 2. The molecule has 1 aliphatic heterocycles. The first-order valence-electron chi connectivity index (χ1n) is 10.6. The van der Waals surface area contributed by atoms with Crippen molar-refractivity contribution in [3.05, 3.63) is 89.7 Å². The van der Waals surface area contributed by atoms with Crippen LogP contribution >= 0.6 is 11.8 Å². The number of carbonyl (C=O) groups is 2. The van der Waals surface area contributed by atoms with Crippen LogP contribution in [0.4, 0.5) is 5.69 Å². The molecule has 0 fully saturated rings. The van der Waals surface area contributed by atoms with Crippen molar-refractivity contribution in [2.45, 2.75) is 23.3 Å². The topological polar surface area (TPSA) is 88.3 Å². The van der Waals surface area contributed by atoms with Crippen molar-refractivity contribution < 1.29 is 9.59 Å². The van der Waals surface area contributed by atoms with Crippen molar-refractivity contribution in [2.24, 2.45) is 5.73 Å². The number of fused-ring (bicyclic) bond motifs is 1. The van der Waals surface area contributed by atoms with E-state index in [0.717, 1.165) is 23.3 Å². The second-order valence-electron chi connectivity index (χ2n) is 7.86. The number of aromatic nitrogens is 1. The molecule has 6 nitrogen and oxygen atoms in total. The first-order valence-corrected chi connectivity index (χ1v) is 11.5. The average Bonchev–Trinajstić information content (AvgIpc) is 2.84. The van der Waals surface area contributed by atoms with E-state index in [1.807, 2.05) is 37.4 Å². The van der Waals surface area contributed by atoms with Crippen LogP contribution in [0.25, 0.3) is 0 Å². The second-order valence-corrected chi connectivity index (χ2v) is 9.00. The van der Waals surface area contributed by atoms with Crippen molar-refractivity contribution in [3.63, 3.8) is 0 Å². The van der Waals surface area contributed by atoms with Crippen LogP contribution in [0, 0.1) is 0 Å². The zero-order chi connectivity index (χ0) is 22.5. The van der Waals surface area contributed by atoms with Gasteiger partial charge in [-0.15, -0.1) is 11.8 Å². The van der Waals surface area contributed by atoms with Crippen molar-refractivity contribution in [2.75, 3.05) is 24.7 Å². The Hall–Kier alpha value is -3.16. The number of nitrogens with zero attached hydrogens (tertiary/aromatic N) is 2. The van der Waals surface area contributed by atoms with Crippen molar-refractivity contribution in [1.82, 2.24) is 9.88 Å². The molecule has 0 bridgehead atoms. The van der Waals surface area contributed by atoms with E-state index in [2.05, 4.69) is 16.4 Å². The molecule has 7 heteroatoms. The molecule has 2 amide bonds. The predicted octanol–water partition coefficient (Wildman–Crippen LogP) is 4.07. The van der Waals surface area contributed by atoms with Gasteiger partial charge < -0.3 is 16.0 Å². The normalized spacial score (nSPS) is 16.0. The molecule has 4 rings (SSSR count). The van der Waals surface area contributed by atoms with Crippen LogP contribution in [0.1, 0.15) is 39.9 Å². The van der Waals surface area contributed by atoms with Crippen LogP contribution in [0.2, 0.25) is 0 Å². The van der Waals surface area contributed by atoms with E-state index in [-0.39, 0.29) is 23.8 Å². The predicted molar refractivity (Wildman–Crippen MR) is 128 cm³/mol. The van der Waals surface area contributed by atoms with Crippen LogP contribution in [-0.4, -0.2) is 41.0 Å². The van der Waals surface area contributed by atoms with Gasteiger partial charge in [0.05, 0.1) is 5.92 Å². The van der Waals surface area contributed by atoms with E-state index in [9.17, 15) is 9.59 Å². The van der Waals surface area contributed by atoms with Gasteiger partial charge in [0.1, 0.15) is 0 Å². The van der Waals surface area contributed by atoms with Gasteiger partial charge in [-0.25, -0.2) is 0 Å². The number of pyridine rings is 1. The van der Waals surface area contributed by atoms with E-state index >= 15 is 0 Å². The molecule has 2 heterocycles. The Bertz CT molecular complexity index is 1090. The fraction of sp³-hybridized carbons (Fsp3) is 0.240. The molecule has 0 radical (unpaired) electrons. The Morgan fingerprint density at radius 2 is 1.84 bits per heavy atom. The summed E-state index contributed by atoms with van der Waals surface area (Å²) in [4.78, 5) is 32.4. The highest BCUT2D eigenvalue weighted by atomic mass is 32.2. The van der Waals surface area contributed by atoms with Crippen molar-refractivity contribution >= 4 is 29.3 Å². The SMILES string of the molecule is CN(CC(N)c1ccc(C(=O)Nc2ccncc2)cc1)C(=O)C1CCSc2ccccc21. The Morgan fingerprint density at radius 3 is 2.59 bits per heavy atom. The molecule has 0 spiro atoms. The molecule has 164 valence electrons. The zero-order valence-corrected chi connectivity index (χ0v) is 18.7. The van der Waals surface area contributed by atoms with Gasteiger partial charge >= 0.3 is 0 Å². The van der Waals surface area contributed by atoms with E-state index in [1.54, 1.807) is 53.3 Å². The van der Waals surface area contributed by atoms with Crippen LogP contribution < -0.4 is 11.1 Å². The lowest BCUT2D eigenvalue weighted by Gasteiger charge is -2.29. The first kappa shape index (κ1) is 22.0. The highest BCUT2D eigenvalue weighted by molar-refractivity contribution is 7.99. The number of anilines is 1. The highest BCUT2D eigenvalue weighted by Gasteiger charge is 2.29. The number of hydrogen-bond donors (Lipinski definition) is 2. The summed E-state index contributed by atoms with van der Waals surface area (Å²) in [7, 11) is 1.81. The summed E-state index contributed by atoms with van der Waals surface area (Å²) >= 11 is 1.81. The minimum absolute atomic E-state index is 0.0987. The third-order valence-corrected chi connectivity index (χ3v) is 6.77. The summed E-state index contributed by atoms with van der Waals surface area (Å²) in [5.74, 6) is 0.721. The average molecular weight is 447 g/mol. The molecular formula is C25H26N4O2S. The third kappa shape index (κ3) is 5.00. The lowest BCUT2D eigenvalue weighted by Crippen LogP contribution is -2.38. The minimum atomic E-state index is -0.338. The number of nitrogens with two attached hydrogens (primary N) is 1. The molecule has 2 unspecified atom stereocenters. The summed E-state index contributed by atoms with van der Waals surface area (Å²) in [6.07, 6.45) is 4.09. The van der Waals surface area contributed by atoms with Gasteiger partial charge in [-0.2, -0.15) is 0 Å². The fourth-order valence-electron chi connectivity index (χ4n) is 3.88. The molecule has 0 saturated carbocycles. The van der Waals surface area contributed by atoms with E-state index in [1.165, 1.54) is 4.90 Å². The van der Waals surface area contributed by atoms with Gasteiger partial charge in [0.25, 0.3) is 5.91 Å². The molecular weight excluding hydrogens is 420 g/mol. The number of hydrogen-bond acceptors (Lipinski definition) is 5. The Kier molecular flexibility index (Phi) is 6.87. The number of likely N-dealkylation sites (N-methyl/N-ethyl adjacent to an activating group) is 1. The lowest BCUT2D eigenvalue weighted by molar-refractivity contribution is -0.131. The molecule has 0 saturated heterocycles. The van der Waals surface area contributed by atoms with E-state index in [0.29, 0.717) is 17.8 Å². The van der Waals surface area contributed by atoms with Crippen LogP contribution in [0.5, 0.6) is 0 Å². The van der Waals surface area contributed by atoms with Gasteiger partial charge in [0, 0.05) is 48.2 Å². The van der Waals surface area contributed by atoms with Crippen LogP contribution in [0.3, 0.4) is 0 Å². The molecule has 1 aliphatic rings.